The number of esters is 2. The van der Waals surface area contributed by atoms with Gasteiger partial charge in [0, 0.05) is 6.54 Å². The van der Waals surface area contributed by atoms with Crippen molar-refractivity contribution in [1.29, 1.82) is 0 Å². The van der Waals surface area contributed by atoms with E-state index in [0.717, 1.165) is 31.6 Å². The predicted octanol–water partition coefficient (Wildman–Crippen LogP) is 1.73. The van der Waals surface area contributed by atoms with Crippen molar-refractivity contribution in [2.24, 2.45) is 0 Å². The van der Waals surface area contributed by atoms with Gasteiger partial charge in [0.25, 0.3) is 0 Å². The summed E-state index contributed by atoms with van der Waals surface area (Å²) >= 11 is 0. The van der Waals surface area contributed by atoms with Gasteiger partial charge in [-0.15, -0.1) is 0 Å². The van der Waals surface area contributed by atoms with Crippen LogP contribution in [-0.2, 0) is 30.2 Å². The zero-order chi connectivity index (χ0) is 20.8. The van der Waals surface area contributed by atoms with Gasteiger partial charge in [0.15, 0.2) is 0 Å². The Hall–Kier alpha value is -2.58. The molecule has 2 aliphatic rings. The van der Waals surface area contributed by atoms with Gasteiger partial charge in [-0.25, -0.2) is 9.59 Å². The minimum atomic E-state index is -0.622. The number of carbonyl (C=O) groups is 2. The van der Waals surface area contributed by atoms with Crippen LogP contribution in [0.3, 0.4) is 0 Å². The van der Waals surface area contributed by atoms with E-state index >= 15 is 0 Å². The topological polar surface area (TPSA) is 77.5 Å². The highest BCUT2D eigenvalue weighted by Gasteiger charge is 2.34. The molecule has 1 fully saturated rings. The predicted molar refractivity (Wildman–Crippen MR) is 107 cm³/mol. The Labute approximate surface area is 171 Å². The van der Waals surface area contributed by atoms with E-state index in [-0.39, 0.29) is 24.6 Å². The summed E-state index contributed by atoms with van der Waals surface area (Å²) in [4.78, 5) is 29.0. The molecule has 1 aromatic rings. The molecule has 0 radical (unpaired) electrons. The summed E-state index contributed by atoms with van der Waals surface area (Å²) in [6, 6.07) is 5.76. The molecular formula is C21H28N2O6. The molecule has 0 saturated carbocycles. The van der Waals surface area contributed by atoms with Crippen molar-refractivity contribution < 1.29 is 28.5 Å². The van der Waals surface area contributed by atoms with Crippen molar-refractivity contribution in [2.45, 2.75) is 19.3 Å². The van der Waals surface area contributed by atoms with E-state index in [1.807, 2.05) is 18.2 Å². The van der Waals surface area contributed by atoms with Gasteiger partial charge in [0.05, 0.1) is 39.2 Å². The number of hydrogen-bond acceptors (Lipinski definition) is 8. The molecule has 2 aliphatic heterocycles. The Morgan fingerprint density at radius 1 is 1.07 bits per heavy atom. The number of nitrogens with zero attached hydrogens (tertiary/aromatic N) is 2. The fourth-order valence-electron chi connectivity index (χ4n) is 3.85. The second kappa shape index (κ2) is 9.76. The maximum atomic E-state index is 12.6. The first-order valence-electron chi connectivity index (χ1n) is 9.74. The first-order valence-corrected chi connectivity index (χ1v) is 9.74. The van der Waals surface area contributed by atoms with Crippen LogP contribution in [0.2, 0.25) is 0 Å². The molecule has 1 aromatic carbocycles. The third-order valence-electron chi connectivity index (χ3n) is 5.30. The van der Waals surface area contributed by atoms with Gasteiger partial charge in [-0.2, -0.15) is 0 Å². The Balaban J connectivity index is 2.03. The van der Waals surface area contributed by atoms with Gasteiger partial charge in [-0.05, 0) is 44.0 Å². The molecule has 0 spiro atoms. The molecule has 0 bridgehead atoms. The summed E-state index contributed by atoms with van der Waals surface area (Å²) in [7, 11) is 4.14. The monoisotopic (exact) mass is 404 g/mol. The molecular weight excluding hydrogens is 376 g/mol. The number of rotatable bonds is 7. The number of hydrogen-bond donors (Lipinski definition) is 0. The first kappa shape index (κ1) is 21.1. The highest BCUT2D eigenvalue weighted by atomic mass is 16.5. The summed E-state index contributed by atoms with van der Waals surface area (Å²) in [6.45, 7) is 3.20. The summed E-state index contributed by atoms with van der Waals surface area (Å²) in [5, 5.41) is 0. The number of anilines is 1. The largest absolute Gasteiger partial charge is 0.495 e. The van der Waals surface area contributed by atoms with Crippen LogP contribution < -0.4 is 9.64 Å². The highest BCUT2D eigenvalue weighted by Crippen LogP contribution is 2.37. The lowest BCUT2D eigenvalue weighted by Gasteiger charge is -2.33. The van der Waals surface area contributed by atoms with Gasteiger partial charge in [0.1, 0.15) is 18.2 Å². The Morgan fingerprint density at radius 2 is 1.79 bits per heavy atom. The van der Waals surface area contributed by atoms with Crippen molar-refractivity contribution in [3.8, 4) is 5.75 Å². The molecule has 0 aromatic heterocycles. The van der Waals surface area contributed by atoms with Crippen LogP contribution in [0.1, 0.15) is 18.4 Å². The molecule has 8 heteroatoms. The molecule has 158 valence electrons. The molecule has 2 heterocycles. The van der Waals surface area contributed by atoms with E-state index in [9.17, 15) is 9.59 Å². The van der Waals surface area contributed by atoms with Crippen LogP contribution in [0.15, 0.2) is 29.5 Å². The normalized spacial score (nSPS) is 17.4. The lowest BCUT2D eigenvalue weighted by atomic mass is 10.0. The second-order valence-corrected chi connectivity index (χ2v) is 6.98. The molecule has 0 N–H and O–H groups in total. The summed E-state index contributed by atoms with van der Waals surface area (Å²) in [5.74, 6) is -0.645. The Kier molecular flexibility index (Phi) is 7.11. The third kappa shape index (κ3) is 4.54. The van der Waals surface area contributed by atoms with Crippen LogP contribution in [0.5, 0.6) is 5.75 Å². The summed E-state index contributed by atoms with van der Waals surface area (Å²) < 4.78 is 21.0. The number of carbonyl (C=O) groups excluding carboxylic acids is 2. The molecule has 29 heavy (non-hydrogen) atoms. The van der Waals surface area contributed by atoms with Crippen molar-refractivity contribution in [2.75, 3.05) is 59.2 Å². The molecule has 0 amide bonds. The summed E-state index contributed by atoms with van der Waals surface area (Å²) in [5.41, 5.74) is 1.96. The SMILES string of the molecule is COC(=O)C1=C(C(=O)OC)N(c2c(CCN3CCCC3)cccc2OC)COC1. The number of methoxy groups -OCH3 is 3. The first-order chi connectivity index (χ1) is 14.1. The zero-order valence-corrected chi connectivity index (χ0v) is 17.2. The van der Waals surface area contributed by atoms with Crippen LogP contribution in [0.4, 0.5) is 5.69 Å². The smallest absolute Gasteiger partial charge is 0.355 e. The molecule has 0 unspecified atom stereocenters. The number of ether oxygens (including phenoxy) is 4. The maximum Gasteiger partial charge on any atom is 0.355 e. The number of likely N-dealkylation sites (tertiary alicyclic amines) is 1. The minimum absolute atomic E-state index is 0.0220. The van der Waals surface area contributed by atoms with E-state index in [0.29, 0.717) is 11.4 Å². The highest BCUT2D eigenvalue weighted by molar-refractivity contribution is 6.03. The number of para-hydroxylation sites is 1. The van der Waals surface area contributed by atoms with Crippen LogP contribution in [0.25, 0.3) is 0 Å². The second-order valence-electron chi connectivity index (χ2n) is 6.98. The average Bonchev–Trinajstić information content (AvgIpc) is 3.29. The Bertz CT molecular complexity index is 785. The van der Waals surface area contributed by atoms with Gasteiger partial charge < -0.3 is 28.7 Å². The van der Waals surface area contributed by atoms with E-state index in [1.165, 1.54) is 27.1 Å². The minimum Gasteiger partial charge on any atom is -0.495 e. The quantitative estimate of drug-likeness (QED) is 0.636. The van der Waals surface area contributed by atoms with Gasteiger partial charge in [-0.3, -0.25) is 0 Å². The molecule has 0 atom stereocenters. The zero-order valence-electron chi connectivity index (χ0n) is 17.2. The molecule has 1 saturated heterocycles. The fraction of sp³-hybridized carbons (Fsp3) is 0.524. The van der Waals surface area contributed by atoms with Gasteiger partial charge in [-0.1, -0.05) is 12.1 Å². The lowest BCUT2D eigenvalue weighted by Crippen LogP contribution is -2.39. The van der Waals surface area contributed by atoms with E-state index < -0.39 is 11.9 Å². The van der Waals surface area contributed by atoms with Crippen molar-refractivity contribution in [3.63, 3.8) is 0 Å². The van der Waals surface area contributed by atoms with Gasteiger partial charge in [0.2, 0.25) is 0 Å². The van der Waals surface area contributed by atoms with Crippen molar-refractivity contribution in [3.05, 3.63) is 35.0 Å². The van der Waals surface area contributed by atoms with Crippen LogP contribution in [0, 0.1) is 0 Å². The average molecular weight is 404 g/mol. The van der Waals surface area contributed by atoms with Crippen LogP contribution in [-0.4, -0.2) is 71.1 Å². The molecule has 0 aliphatic carbocycles. The van der Waals surface area contributed by atoms with Crippen molar-refractivity contribution in [1.82, 2.24) is 4.90 Å². The summed E-state index contributed by atoms with van der Waals surface area (Å²) in [6.07, 6.45) is 3.23. The lowest BCUT2D eigenvalue weighted by molar-refractivity contribution is -0.140. The van der Waals surface area contributed by atoms with E-state index in [4.69, 9.17) is 18.9 Å². The third-order valence-corrected chi connectivity index (χ3v) is 5.30. The van der Waals surface area contributed by atoms with E-state index in [2.05, 4.69) is 4.90 Å². The maximum absolute atomic E-state index is 12.6. The molecule has 3 rings (SSSR count). The van der Waals surface area contributed by atoms with E-state index in [1.54, 1.807) is 12.0 Å². The molecule has 8 nitrogen and oxygen atoms in total. The number of benzene rings is 1. The van der Waals surface area contributed by atoms with Crippen LogP contribution >= 0.6 is 0 Å². The van der Waals surface area contributed by atoms with Gasteiger partial charge >= 0.3 is 11.9 Å². The van der Waals surface area contributed by atoms with Crippen molar-refractivity contribution >= 4 is 17.6 Å². The standard InChI is InChI=1S/C21H28N2O6/c1-26-17-8-6-7-15(9-12-22-10-4-5-11-22)18(17)23-14-29-13-16(20(24)27-2)19(23)21(25)28-3/h6-8H,4-5,9-14H2,1-3H3. The fourth-order valence-corrected chi connectivity index (χ4v) is 3.85. The Morgan fingerprint density at radius 3 is 2.45 bits per heavy atom.